The molecule has 114 valence electrons. The Labute approximate surface area is 124 Å². The maximum atomic E-state index is 13.6. The molecule has 20 heavy (non-hydrogen) atoms. The fraction of sp³-hybridized carbons (Fsp3) is 0.538. The van der Waals surface area contributed by atoms with Crippen LogP contribution in [-0.4, -0.2) is 14.5 Å². The smallest absolute Gasteiger partial charge is 0.240 e. The number of sulfonamides is 1. The van der Waals surface area contributed by atoms with Crippen LogP contribution >= 0.6 is 11.6 Å². The Morgan fingerprint density at radius 2 is 1.95 bits per heavy atom. The van der Waals surface area contributed by atoms with Gasteiger partial charge in [0.25, 0.3) is 0 Å². The first-order chi connectivity index (χ1) is 9.17. The maximum Gasteiger partial charge on any atom is 0.240 e. The molecule has 0 saturated carbocycles. The van der Waals surface area contributed by atoms with Gasteiger partial charge < -0.3 is 5.73 Å². The monoisotopic (exact) mass is 322 g/mol. The molecule has 1 aromatic carbocycles. The Morgan fingerprint density at radius 1 is 1.35 bits per heavy atom. The Hall–Kier alpha value is -0.690. The van der Waals surface area contributed by atoms with Gasteiger partial charge in [-0.05, 0) is 37.0 Å². The number of nitrogens with two attached hydrogens (primary N) is 1. The van der Waals surface area contributed by atoms with Crippen molar-refractivity contribution in [2.75, 3.05) is 0 Å². The van der Waals surface area contributed by atoms with E-state index in [-0.39, 0.29) is 28.1 Å². The van der Waals surface area contributed by atoms with E-state index in [0.29, 0.717) is 12.3 Å². The SMILES string of the molecule is CC(C)CC(C)NS(=O)(=O)c1cc(F)c(Cl)c(CN)c1. The van der Waals surface area contributed by atoms with Crippen LogP contribution in [0.2, 0.25) is 5.02 Å². The van der Waals surface area contributed by atoms with Crippen molar-refractivity contribution in [2.24, 2.45) is 11.7 Å². The summed E-state index contributed by atoms with van der Waals surface area (Å²) in [5, 5.41) is -0.137. The standard InChI is InChI=1S/C13H20ClFN2O2S/c1-8(2)4-9(3)17-20(18,19)11-5-10(7-16)13(14)12(15)6-11/h5-6,8-9,17H,4,7,16H2,1-3H3. The number of hydrogen-bond donors (Lipinski definition) is 2. The van der Waals surface area contributed by atoms with Crippen LogP contribution in [-0.2, 0) is 16.6 Å². The van der Waals surface area contributed by atoms with E-state index in [1.54, 1.807) is 6.92 Å². The first-order valence-corrected chi connectivity index (χ1v) is 8.23. The summed E-state index contributed by atoms with van der Waals surface area (Å²) in [7, 11) is -3.78. The van der Waals surface area contributed by atoms with Gasteiger partial charge in [0.05, 0.1) is 9.92 Å². The normalized spacial score (nSPS) is 13.8. The third kappa shape index (κ3) is 4.41. The lowest BCUT2D eigenvalue weighted by Crippen LogP contribution is -2.33. The number of rotatable bonds is 6. The second kappa shape index (κ2) is 6.85. The summed E-state index contributed by atoms with van der Waals surface area (Å²) in [6, 6.07) is 1.97. The molecule has 0 fully saturated rings. The molecule has 0 aliphatic carbocycles. The summed E-state index contributed by atoms with van der Waals surface area (Å²) < 4.78 is 40.5. The summed E-state index contributed by atoms with van der Waals surface area (Å²) in [5.41, 5.74) is 5.70. The molecule has 4 nitrogen and oxygen atoms in total. The molecule has 0 saturated heterocycles. The van der Waals surface area contributed by atoms with E-state index in [1.807, 2.05) is 13.8 Å². The fourth-order valence-corrected chi connectivity index (χ4v) is 3.51. The van der Waals surface area contributed by atoms with Crippen molar-refractivity contribution in [2.45, 2.75) is 44.7 Å². The molecule has 7 heteroatoms. The highest BCUT2D eigenvalue weighted by Crippen LogP contribution is 2.24. The van der Waals surface area contributed by atoms with Crippen LogP contribution in [0.15, 0.2) is 17.0 Å². The molecule has 1 atom stereocenters. The summed E-state index contributed by atoms with van der Waals surface area (Å²) in [5.74, 6) is -0.430. The zero-order chi connectivity index (χ0) is 15.5. The second-order valence-corrected chi connectivity index (χ2v) is 7.33. The van der Waals surface area contributed by atoms with Crippen LogP contribution in [0.3, 0.4) is 0 Å². The molecule has 1 aromatic rings. The van der Waals surface area contributed by atoms with Crippen LogP contribution in [0.1, 0.15) is 32.8 Å². The van der Waals surface area contributed by atoms with Crippen LogP contribution in [0.25, 0.3) is 0 Å². The summed E-state index contributed by atoms with van der Waals surface area (Å²) in [6.07, 6.45) is 0.693. The molecule has 0 amide bonds. The van der Waals surface area contributed by atoms with E-state index in [4.69, 9.17) is 17.3 Å². The summed E-state index contributed by atoms with van der Waals surface area (Å²) in [6.45, 7) is 5.74. The van der Waals surface area contributed by atoms with E-state index in [0.717, 1.165) is 6.07 Å². The van der Waals surface area contributed by atoms with Crippen LogP contribution in [0.4, 0.5) is 4.39 Å². The minimum Gasteiger partial charge on any atom is -0.326 e. The fourth-order valence-electron chi connectivity index (χ4n) is 2.01. The van der Waals surface area contributed by atoms with Crippen molar-refractivity contribution in [3.63, 3.8) is 0 Å². The molecule has 1 rings (SSSR count). The van der Waals surface area contributed by atoms with Gasteiger partial charge in [0.1, 0.15) is 5.82 Å². The van der Waals surface area contributed by atoms with Crippen molar-refractivity contribution >= 4 is 21.6 Å². The first kappa shape index (κ1) is 17.4. The van der Waals surface area contributed by atoms with E-state index >= 15 is 0 Å². The molecule has 0 aromatic heterocycles. The van der Waals surface area contributed by atoms with E-state index in [1.165, 1.54) is 6.07 Å². The van der Waals surface area contributed by atoms with Crippen molar-refractivity contribution in [3.8, 4) is 0 Å². The number of nitrogens with one attached hydrogen (secondary N) is 1. The third-order valence-corrected chi connectivity index (χ3v) is 4.78. The van der Waals surface area contributed by atoms with Gasteiger partial charge in [-0.15, -0.1) is 0 Å². The minimum absolute atomic E-state index is 0.0271. The van der Waals surface area contributed by atoms with Gasteiger partial charge in [-0.3, -0.25) is 0 Å². The van der Waals surface area contributed by atoms with Gasteiger partial charge in [-0.2, -0.15) is 0 Å². The van der Waals surface area contributed by atoms with Gasteiger partial charge in [0.15, 0.2) is 0 Å². The molecule has 0 aliphatic heterocycles. The highest BCUT2D eigenvalue weighted by molar-refractivity contribution is 7.89. The Morgan fingerprint density at radius 3 is 2.45 bits per heavy atom. The zero-order valence-electron chi connectivity index (χ0n) is 11.8. The molecular formula is C13H20ClFN2O2S. The summed E-state index contributed by atoms with van der Waals surface area (Å²) >= 11 is 5.72. The van der Waals surface area contributed by atoms with Gasteiger partial charge in [-0.1, -0.05) is 25.4 Å². The molecular weight excluding hydrogens is 303 g/mol. The number of benzene rings is 1. The van der Waals surface area contributed by atoms with E-state index < -0.39 is 15.8 Å². The van der Waals surface area contributed by atoms with Crippen LogP contribution in [0.5, 0.6) is 0 Å². The lowest BCUT2D eigenvalue weighted by molar-refractivity contribution is 0.482. The molecule has 0 aliphatic rings. The molecule has 3 N–H and O–H groups in total. The molecule has 0 spiro atoms. The number of hydrogen-bond acceptors (Lipinski definition) is 3. The maximum absolute atomic E-state index is 13.6. The molecule has 0 radical (unpaired) electrons. The zero-order valence-corrected chi connectivity index (χ0v) is 13.4. The van der Waals surface area contributed by atoms with Crippen molar-refractivity contribution in [1.82, 2.24) is 4.72 Å². The van der Waals surface area contributed by atoms with E-state index in [2.05, 4.69) is 4.72 Å². The topological polar surface area (TPSA) is 72.2 Å². The van der Waals surface area contributed by atoms with Crippen molar-refractivity contribution in [3.05, 3.63) is 28.5 Å². The Bertz CT molecular complexity index is 576. The highest BCUT2D eigenvalue weighted by Gasteiger charge is 2.21. The van der Waals surface area contributed by atoms with Gasteiger partial charge in [0, 0.05) is 12.6 Å². The van der Waals surface area contributed by atoms with Crippen molar-refractivity contribution in [1.29, 1.82) is 0 Å². The second-order valence-electron chi connectivity index (χ2n) is 5.23. The average Bonchev–Trinajstić information content (AvgIpc) is 2.30. The van der Waals surface area contributed by atoms with Crippen molar-refractivity contribution < 1.29 is 12.8 Å². The predicted molar refractivity (Wildman–Crippen MR) is 78.5 cm³/mol. The minimum atomic E-state index is -3.78. The lowest BCUT2D eigenvalue weighted by Gasteiger charge is -2.17. The largest absolute Gasteiger partial charge is 0.326 e. The molecule has 1 unspecified atom stereocenters. The molecule has 0 heterocycles. The molecule has 0 bridgehead atoms. The average molecular weight is 323 g/mol. The lowest BCUT2D eigenvalue weighted by atomic mass is 10.1. The quantitative estimate of drug-likeness (QED) is 0.845. The van der Waals surface area contributed by atoms with E-state index in [9.17, 15) is 12.8 Å². The first-order valence-electron chi connectivity index (χ1n) is 6.37. The Kier molecular flexibility index (Phi) is 5.94. The van der Waals surface area contributed by atoms with Crippen LogP contribution < -0.4 is 10.5 Å². The third-order valence-electron chi connectivity index (χ3n) is 2.79. The number of halogens is 2. The van der Waals surface area contributed by atoms with Crippen LogP contribution in [0, 0.1) is 11.7 Å². The highest BCUT2D eigenvalue weighted by atomic mass is 35.5. The summed E-state index contributed by atoms with van der Waals surface area (Å²) in [4.78, 5) is -0.157. The Balaban J connectivity index is 3.07. The van der Waals surface area contributed by atoms with Gasteiger partial charge >= 0.3 is 0 Å². The van der Waals surface area contributed by atoms with Gasteiger partial charge in [0.2, 0.25) is 10.0 Å². The predicted octanol–water partition coefficient (Wildman–Crippen LogP) is 2.65. The van der Waals surface area contributed by atoms with Gasteiger partial charge in [-0.25, -0.2) is 17.5 Å².